The van der Waals surface area contributed by atoms with Crippen LogP contribution in [0.4, 0.5) is 5.69 Å². The van der Waals surface area contributed by atoms with Crippen molar-refractivity contribution in [3.8, 4) is 22.3 Å². The molecule has 37 heavy (non-hydrogen) atoms. The fourth-order valence-corrected chi connectivity index (χ4v) is 4.60. The fourth-order valence-electron chi connectivity index (χ4n) is 4.60. The molecule has 1 unspecified atom stereocenters. The third-order valence-electron chi connectivity index (χ3n) is 6.58. The van der Waals surface area contributed by atoms with Gasteiger partial charge in [0.05, 0.1) is 11.8 Å². The first-order valence-electron chi connectivity index (χ1n) is 12.3. The molecule has 1 amide bonds. The van der Waals surface area contributed by atoms with E-state index < -0.39 is 6.17 Å². The Morgan fingerprint density at radius 1 is 0.595 bits per heavy atom. The second-order valence-corrected chi connectivity index (χ2v) is 8.96. The highest BCUT2D eigenvalue weighted by molar-refractivity contribution is 6.02. The number of benzene rings is 5. The van der Waals surface area contributed by atoms with E-state index in [0.29, 0.717) is 5.56 Å². The second kappa shape index (κ2) is 9.96. The predicted octanol–water partition coefficient (Wildman–Crippen LogP) is 7.62. The number of anilines is 1. The van der Waals surface area contributed by atoms with E-state index in [1.54, 1.807) is 6.21 Å². The Bertz CT molecular complexity index is 1540. The van der Waals surface area contributed by atoms with Gasteiger partial charge in [-0.1, -0.05) is 121 Å². The normalized spacial score (nSPS) is 14.9. The van der Waals surface area contributed by atoms with E-state index in [1.807, 2.05) is 72.8 Å². The molecule has 0 spiro atoms. The summed E-state index contributed by atoms with van der Waals surface area (Å²) in [6.07, 6.45) is 1.32. The van der Waals surface area contributed by atoms with E-state index in [2.05, 4.69) is 71.1 Å². The number of hydrazone groups is 1. The lowest BCUT2D eigenvalue weighted by Gasteiger charge is -2.34. The second-order valence-electron chi connectivity index (χ2n) is 8.96. The maximum absolute atomic E-state index is 13.5. The highest BCUT2D eigenvalue weighted by atomic mass is 16.2. The monoisotopic (exact) mass is 479 g/mol. The molecule has 1 aliphatic heterocycles. The van der Waals surface area contributed by atoms with Gasteiger partial charge in [-0.3, -0.25) is 4.79 Å². The van der Waals surface area contributed by atoms with Gasteiger partial charge in [-0.15, -0.1) is 0 Å². The molecule has 1 aliphatic rings. The zero-order valence-corrected chi connectivity index (χ0v) is 20.2. The smallest absolute Gasteiger partial charge is 0.278 e. The van der Waals surface area contributed by atoms with Crippen molar-refractivity contribution < 1.29 is 4.79 Å². The minimum absolute atomic E-state index is 0.136. The molecule has 0 saturated heterocycles. The van der Waals surface area contributed by atoms with Gasteiger partial charge in [0.2, 0.25) is 0 Å². The maximum atomic E-state index is 13.5. The van der Waals surface area contributed by atoms with E-state index >= 15 is 0 Å². The molecule has 0 aliphatic carbocycles. The van der Waals surface area contributed by atoms with Gasteiger partial charge in [-0.25, -0.2) is 5.01 Å². The van der Waals surface area contributed by atoms with Gasteiger partial charge in [0.1, 0.15) is 0 Å². The Labute approximate surface area is 216 Å². The first-order valence-corrected chi connectivity index (χ1v) is 12.3. The predicted molar refractivity (Wildman–Crippen MR) is 150 cm³/mol. The first kappa shape index (κ1) is 22.5. The number of hydrogen-bond donors (Lipinski definition) is 1. The van der Waals surface area contributed by atoms with Crippen LogP contribution < -0.4 is 5.32 Å². The Morgan fingerprint density at radius 2 is 1.11 bits per heavy atom. The first-order chi connectivity index (χ1) is 18.3. The van der Waals surface area contributed by atoms with Crippen molar-refractivity contribution in [2.75, 3.05) is 5.32 Å². The Balaban J connectivity index is 1.31. The summed E-state index contributed by atoms with van der Waals surface area (Å²) in [7, 11) is 0. The molecular weight excluding hydrogens is 454 g/mol. The lowest BCUT2D eigenvalue weighted by Crippen LogP contribution is -2.39. The lowest BCUT2D eigenvalue weighted by atomic mass is 10.0. The van der Waals surface area contributed by atoms with Crippen LogP contribution in [0.25, 0.3) is 22.3 Å². The van der Waals surface area contributed by atoms with Crippen molar-refractivity contribution in [2.24, 2.45) is 5.10 Å². The summed E-state index contributed by atoms with van der Waals surface area (Å²) in [5.41, 5.74) is 7.88. The van der Waals surface area contributed by atoms with Crippen molar-refractivity contribution in [3.63, 3.8) is 0 Å². The van der Waals surface area contributed by atoms with Gasteiger partial charge < -0.3 is 5.32 Å². The van der Waals surface area contributed by atoms with Gasteiger partial charge >= 0.3 is 0 Å². The van der Waals surface area contributed by atoms with Crippen LogP contribution in [-0.4, -0.2) is 17.1 Å². The molecule has 1 atom stereocenters. The van der Waals surface area contributed by atoms with Gasteiger partial charge in [-0.2, -0.15) is 5.10 Å². The Hall–Kier alpha value is -4.96. The van der Waals surface area contributed by atoms with Gasteiger partial charge in [-0.05, 0) is 45.5 Å². The fraction of sp³-hybridized carbons (Fsp3) is 0.0303. The highest BCUT2D eigenvalue weighted by Crippen LogP contribution is 2.34. The van der Waals surface area contributed by atoms with Crippen molar-refractivity contribution >= 4 is 17.8 Å². The quantitative estimate of drug-likeness (QED) is 0.264. The number of carbonyl (C=O) groups is 1. The van der Waals surface area contributed by atoms with E-state index in [4.69, 9.17) is 0 Å². The summed E-state index contributed by atoms with van der Waals surface area (Å²) in [6.45, 7) is 0. The van der Waals surface area contributed by atoms with Crippen LogP contribution in [-0.2, 0) is 0 Å². The molecule has 1 N–H and O–H groups in total. The van der Waals surface area contributed by atoms with Crippen molar-refractivity contribution in [3.05, 3.63) is 150 Å². The molecule has 178 valence electrons. The van der Waals surface area contributed by atoms with Crippen molar-refractivity contribution in [1.82, 2.24) is 5.01 Å². The number of amides is 1. The summed E-state index contributed by atoms with van der Waals surface area (Å²) < 4.78 is 0. The minimum Gasteiger partial charge on any atom is -0.359 e. The molecule has 0 aromatic heterocycles. The lowest BCUT2D eigenvalue weighted by molar-refractivity contribution is 0.0691. The summed E-state index contributed by atoms with van der Waals surface area (Å²) in [4.78, 5) is 13.5. The third-order valence-corrected chi connectivity index (χ3v) is 6.58. The van der Waals surface area contributed by atoms with Crippen LogP contribution in [0.1, 0.15) is 27.7 Å². The van der Waals surface area contributed by atoms with E-state index in [-0.39, 0.29) is 5.91 Å². The van der Waals surface area contributed by atoms with Crippen LogP contribution in [0, 0.1) is 0 Å². The standard InChI is InChI=1S/C33H25N3O/c37-33-30-13-7-8-14-31(30)35-32(29-21-19-28(20-22-29)26-11-5-2-6-12-26)36(33)34-23-24-15-17-27(18-16-24)25-9-3-1-4-10-25/h1-23,32,35H. The average molecular weight is 480 g/mol. The number of rotatable bonds is 5. The van der Waals surface area contributed by atoms with E-state index in [9.17, 15) is 4.79 Å². The molecule has 5 aromatic rings. The van der Waals surface area contributed by atoms with Crippen molar-refractivity contribution in [1.29, 1.82) is 0 Å². The molecular formula is C33H25N3O. The third kappa shape index (κ3) is 4.65. The molecule has 0 radical (unpaired) electrons. The van der Waals surface area contributed by atoms with Gasteiger partial charge in [0.15, 0.2) is 6.17 Å². The highest BCUT2D eigenvalue weighted by Gasteiger charge is 2.32. The topological polar surface area (TPSA) is 44.7 Å². The zero-order chi connectivity index (χ0) is 25.0. The SMILES string of the molecule is O=C1c2ccccc2NC(c2ccc(-c3ccccc3)cc2)N1N=Cc1ccc(-c2ccccc2)cc1. The van der Waals surface area contributed by atoms with Crippen LogP contribution in [0.5, 0.6) is 0 Å². The molecule has 1 heterocycles. The molecule has 5 aromatic carbocycles. The molecule has 0 fully saturated rings. The van der Waals surface area contributed by atoms with Crippen LogP contribution in [0.15, 0.2) is 139 Å². The molecule has 4 heteroatoms. The number of nitrogens with one attached hydrogen (secondary N) is 1. The van der Waals surface area contributed by atoms with E-state index in [1.165, 1.54) is 5.01 Å². The summed E-state index contributed by atoms with van der Waals surface area (Å²) in [6, 6.07) is 44.5. The number of fused-ring (bicyclic) bond motifs is 1. The van der Waals surface area contributed by atoms with Crippen LogP contribution >= 0.6 is 0 Å². The molecule has 6 rings (SSSR count). The number of para-hydroxylation sites is 1. The zero-order valence-electron chi connectivity index (χ0n) is 20.2. The summed E-state index contributed by atoms with van der Waals surface area (Å²) in [5, 5.41) is 9.71. The van der Waals surface area contributed by atoms with E-state index in [0.717, 1.165) is 39.1 Å². The van der Waals surface area contributed by atoms with Crippen LogP contribution in [0.3, 0.4) is 0 Å². The minimum atomic E-state index is -0.424. The Morgan fingerprint density at radius 3 is 1.73 bits per heavy atom. The average Bonchev–Trinajstić information content (AvgIpc) is 2.98. The van der Waals surface area contributed by atoms with Gasteiger partial charge in [0.25, 0.3) is 5.91 Å². The number of carbonyl (C=O) groups excluding carboxylic acids is 1. The molecule has 0 bridgehead atoms. The van der Waals surface area contributed by atoms with Crippen molar-refractivity contribution in [2.45, 2.75) is 6.17 Å². The van der Waals surface area contributed by atoms with Gasteiger partial charge in [0, 0.05) is 5.69 Å². The molecule has 0 saturated carbocycles. The Kier molecular flexibility index (Phi) is 6.05. The number of nitrogens with zero attached hydrogens (tertiary/aromatic N) is 2. The maximum Gasteiger partial charge on any atom is 0.278 e. The summed E-state index contributed by atoms with van der Waals surface area (Å²) >= 11 is 0. The summed E-state index contributed by atoms with van der Waals surface area (Å²) in [5.74, 6) is -0.136. The molecule has 4 nitrogen and oxygen atoms in total. The van der Waals surface area contributed by atoms with Crippen LogP contribution in [0.2, 0.25) is 0 Å². The largest absolute Gasteiger partial charge is 0.359 e. The number of hydrogen-bond acceptors (Lipinski definition) is 3.